The van der Waals surface area contributed by atoms with Crippen molar-refractivity contribution >= 4 is 87.0 Å². The Kier molecular flexibility index (Phi) is 7.59. The van der Waals surface area contributed by atoms with Crippen molar-refractivity contribution in [3.05, 3.63) is 218 Å². The predicted octanol–water partition coefficient (Wildman–Crippen LogP) is 14.8. The highest BCUT2D eigenvalue weighted by Gasteiger charge is 2.25. The lowest BCUT2D eigenvalue weighted by molar-refractivity contribution is 0.955. The molecule has 14 rings (SSSR count). The van der Waals surface area contributed by atoms with Gasteiger partial charge in [0.05, 0.1) is 38.8 Å². The molecule has 0 aliphatic heterocycles. The van der Waals surface area contributed by atoms with Crippen molar-refractivity contribution in [1.29, 1.82) is 0 Å². The minimum atomic E-state index is 0.562. The van der Waals surface area contributed by atoms with Crippen LogP contribution in [0.4, 0.5) is 0 Å². The van der Waals surface area contributed by atoms with Gasteiger partial charge < -0.3 is 9.13 Å². The molecule has 0 unspecified atom stereocenters. The number of benzene rings is 10. The van der Waals surface area contributed by atoms with Gasteiger partial charge in [-0.05, 0) is 76.1 Å². The van der Waals surface area contributed by atoms with E-state index < -0.39 is 0 Å². The Bertz CT molecular complexity index is 4140. The van der Waals surface area contributed by atoms with Crippen LogP contribution in [0.25, 0.3) is 127 Å². The number of para-hydroxylation sites is 4. The molecule has 6 nitrogen and oxygen atoms in total. The third-order valence-corrected chi connectivity index (χ3v) is 13.3. The first-order valence-corrected chi connectivity index (χ1v) is 22.0. The molecule has 65 heavy (non-hydrogen) atoms. The van der Waals surface area contributed by atoms with E-state index in [-0.39, 0.29) is 0 Å². The van der Waals surface area contributed by atoms with Gasteiger partial charge in [-0.2, -0.15) is 9.97 Å². The maximum atomic E-state index is 5.42. The molecule has 4 heterocycles. The zero-order valence-electron chi connectivity index (χ0n) is 35.0. The van der Waals surface area contributed by atoms with E-state index in [1.54, 1.807) is 0 Å². The van der Waals surface area contributed by atoms with Gasteiger partial charge in [0.15, 0.2) is 11.6 Å². The van der Waals surface area contributed by atoms with E-state index in [2.05, 4.69) is 232 Å². The summed E-state index contributed by atoms with van der Waals surface area (Å²) in [6.45, 7) is 0. The smallest absolute Gasteiger partial charge is 0.238 e. The highest BCUT2D eigenvalue weighted by molar-refractivity contribution is 6.29. The van der Waals surface area contributed by atoms with E-state index in [1.165, 1.54) is 32.6 Å². The minimum absolute atomic E-state index is 0.562. The summed E-state index contributed by atoms with van der Waals surface area (Å²) >= 11 is 0. The zero-order chi connectivity index (χ0) is 42.6. The molecule has 6 heteroatoms. The van der Waals surface area contributed by atoms with E-state index >= 15 is 0 Å². The first-order valence-electron chi connectivity index (χ1n) is 22.0. The molecule has 0 radical (unpaired) electrons. The maximum Gasteiger partial charge on any atom is 0.238 e. The minimum Gasteiger partial charge on any atom is -0.309 e. The van der Waals surface area contributed by atoms with E-state index in [4.69, 9.17) is 15.0 Å². The van der Waals surface area contributed by atoms with Gasteiger partial charge >= 0.3 is 0 Å². The van der Waals surface area contributed by atoms with Crippen molar-refractivity contribution in [3.63, 3.8) is 0 Å². The van der Waals surface area contributed by atoms with Crippen molar-refractivity contribution in [2.75, 3.05) is 0 Å². The van der Waals surface area contributed by atoms with Crippen LogP contribution in [0.15, 0.2) is 218 Å². The van der Waals surface area contributed by atoms with Crippen LogP contribution < -0.4 is 0 Å². The van der Waals surface area contributed by atoms with Crippen LogP contribution in [0.2, 0.25) is 0 Å². The first kappa shape index (κ1) is 35.7. The van der Waals surface area contributed by atoms with Crippen LogP contribution in [-0.2, 0) is 0 Å². The quantitative estimate of drug-likeness (QED) is 0.174. The summed E-state index contributed by atoms with van der Waals surface area (Å²) in [4.78, 5) is 16.1. The largest absolute Gasteiger partial charge is 0.309 e. The highest BCUT2D eigenvalue weighted by atomic mass is 15.2. The predicted molar refractivity (Wildman–Crippen MR) is 269 cm³/mol. The third kappa shape index (κ3) is 5.19. The zero-order valence-corrected chi connectivity index (χ0v) is 35.0. The summed E-state index contributed by atoms with van der Waals surface area (Å²) in [6, 6.07) is 77.8. The Morgan fingerprint density at radius 1 is 0.262 bits per heavy atom. The van der Waals surface area contributed by atoms with Crippen molar-refractivity contribution in [3.8, 4) is 40.1 Å². The summed E-state index contributed by atoms with van der Waals surface area (Å²) < 4.78 is 7.10. The lowest BCUT2D eigenvalue weighted by atomic mass is 10.0. The molecule has 0 saturated carbocycles. The SMILES string of the molecule is c1ccc(-n2c3ccccc3c3c4c5ccccc5n(-c5cccc6c5c5ccccc5n6-c5nc(-c6cccc7ccccc67)nc(-c6cccc7ccccc67)n5)c4ccc32)cc1. The summed E-state index contributed by atoms with van der Waals surface area (Å²) in [5.41, 5.74) is 10.8. The second-order valence-corrected chi connectivity index (χ2v) is 16.8. The fourth-order valence-corrected chi connectivity index (χ4v) is 10.6. The van der Waals surface area contributed by atoms with Crippen molar-refractivity contribution in [1.82, 2.24) is 28.7 Å². The molecule has 0 amide bonds. The second-order valence-electron chi connectivity index (χ2n) is 16.8. The Hall–Kier alpha value is -8.87. The van der Waals surface area contributed by atoms with Gasteiger partial charge in [0.25, 0.3) is 0 Å². The van der Waals surface area contributed by atoms with E-state index in [0.29, 0.717) is 17.6 Å². The molecule has 0 fully saturated rings. The molecule has 0 aliphatic rings. The second kappa shape index (κ2) is 13.8. The normalized spacial score (nSPS) is 12.0. The molecule has 0 aliphatic carbocycles. The van der Waals surface area contributed by atoms with E-state index in [1.807, 2.05) is 0 Å². The fourth-order valence-electron chi connectivity index (χ4n) is 10.6. The van der Waals surface area contributed by atoms with Gasteiger partial charge in [-0.25, -0.2) is 4.98 Å². The molecule has 10 aromatic carbocycles. The number of hydrogen-bond acceptors (Lipinski definition) is 3. The molecule has 0 bridgehead atoms. The van der Waals surface area contributed by atoms with Crippen LogP contribution >= 0.6 is 0 Å². The van der Waals surface area contributed by atoms with Crippen LogP contribution in [0.5, 0.6) is 0 Å². The van der Waals surface area contributed by atoms with Crippen molar-refractivity contribution in [2.24, 2.45) is 0 Å². The Morgan fingerprint density at radius 2 is 0.677 bits per heavy atom. The molecule has 0 saturated heterocycles. The summed E-state index contributed by atoms with van der Waals surface area (Å²) in [6.07, 6.45) is 0. The first-order chi connectivity index (χ1) is 32.3. The Morgan fingerprint density at radius 3 is 1.28 bits per heavy atom. The number of aromatic nitrogens is 6. The summed E-state index contributed by atoms with van der Waals surface area (Å²) in [5, 5.41) is 11.6. The lowest BCUT2D eigenvalue weighted by Gasteiger charge is -2.13. The molecule has 302 valence electrons. The molecule has 14 aromatic rings. The van der Waals surface area contributed by atoms with Crippen LogP contribution in [-0.4, -0.2) is 28.7 Å². The number of rotatable bonds is 5. The van der Waals surface area contributed by atoms with E-state index in [0.717, 1.165) is 76.9 Å². The summed E-state index contributed by atoms with van der Waals surface area (Å²) in [5.74, 6) is 1.81. The average molecular weight is 829 g/mol. The fraction of sp³-hybridized carbons (Fsp3) is 0. The standard InChI is InChI=1S/C59H36N6/c1-2-21-39(22-3-1)63-47-30-11-9-26-45(47)55-52(63)35-36-53-56(55)46-27-10-12-31-48(46)64(53)50-33-16-34-51-54(50)44-25-8-13-32-49(44)65(51)59-61-57(42-28-14-19-37-17-4-6-23-40(37)42)60-58(62-59)43-29-15-20-38-18-5-7-24-41(38)43/h1-36H. The molecule has 0 N–H and O–H groups in total. The lowest BCUT2D eigenvalue weighted by Crippen LogP contribution is -2.07. The van der Waals surface area contributed by atoms with Gasteiger partial charge in [0.2, 0.25) is 5.95 Å². The molecule has 0 atom stereocenters. The topological polar surface area (TPSA) is 53.5 Å². The van der Waals surface area contributed by atoms with Crippen molar-refractivity contribution < 1.29 is 0 Å². The van der Waals surface area contributed by atoms with Crippen molar-refractivity contribution in [2.45, 2.75) is 0 Å². The van der Waals surface area contributed by atoms with Gasteiger partial charge in [-0.3, -0.25) is 4.57 Å². The average Bonchev–Trinajstić information content (AvgIpc) is 4.02. The summed E-state index contributed by atoms with van der Waals surface area (Å²) in [7, 11) is 0. The molecule has 0 spiro atoms. The highest BCUT2D eigenvalue weighted by Crippen LogP contribution is 2.45. The molecular formula is C59H36N6. The van der Waals surface area contributed by atoms with Gasteiger partial charge in [-0.15, -0.1) is 0 Å². The van der Waals surface area contributed by atoms with Gasteiger partial charge in [0, 0.05) is 49.1 Å². The molecule has 4 aromatic heterocycles. The number of nitrogens with zero attached hydrogens (tertiary/aromatic N) is 6. The van der Waals surface area contributed by atoms with Crippen LogP contribution in [0.1, 0.15) is 0 Å². The van der Waals surface area contributed by atoms with Crippen LogP contribution in [0, 0.1) is 0 Å². The third-order valence-electron chi connectivity index (χ3n) is 13.3. The number of fused-ring (bicyclic) bond motifs is 12. The number of hydrogen-bond donors (Lipinski definition) is 0. The van der Waals surface area contributed by atoms with Gasteiger partial charge in [0.1, 0.15) is 0 Å². The molecular weight excluding hydrogens is 793 g/mol. The van der Waals surface area contributed by atoms with E-state index in [9.17, 15) is 0 Å². The van der Waals surface area contributed by atoms with Crippen LogP contribution in [0.3, 0.4) is 0 Å². The maximum absolute atomic E-state index is 5.42. The van der Waals surface area contributed by atoms with Gasteiger partial charge in [-0.1, -0.05) is 164 Å². The Labute approximate surface area is 372 Å². The monoisotopic (exact) mass is 828 g/mol. The Balaban J connectivity index is 1.08.